The number of amides is 2. The van der Waals surface area contributed by atoms with Crippen LogP contribution in [0.4, 0.5) is 0 Å². The van der Waals surface area contributed by atoms with E-state index in [-0.39, 0.29) is 38.9 Å². The molecule has 6 atom stereocenters. The lowest BCUT2D eigenvalue weighted by Crippen LogP contribution is -2.50. The maximum Gasteiger partial charge on any atom is 0.308 e. The molecule has 0 aromatic carbocycles. The van der Waals surface area contributed by atoms with Crippen molar-refractivity contribution in [3.63, 3.8) is 0 Å². The molecule has 0 aliphatic carbocycles. The zero-order chi connectivity index (χ0) is 47.2. The number of rotatable bonds is 32. The Balaban J connectivity index is 5.97. The van der Waals surface area contributed by atoms with Crippen molar-refractivity contribution in [1.29, 1.82) is 0 Å². The highest BCUT2D eigenvalue weighted by molar-refractivity contribution is 7.86. The van der Waals surface area contributed by atoms with Crippen LogP contribution in [0.2, 0.25) is 0 Å². The molecule has 0 fully saturated rings. The fourth-order valence-corrected chi connectivity index (χ4v) is 9.02. The largest absolute Gasteiger partial charge is 0.469 e. The Labute approximate surface area is 363 Å². The van der Waals surface area contributed by atoms with Gasteiger partial charge in [0.15, 0.2) is 0 Å². The van der Waals surface area contributed by atoms with Crippen LogP contribution in [-0.4, -0.2) is 112 Å². The number of methoxy groups -OCH3 is 2. The summed E-state index contributed by atoms with van der Waals surface area (Å²) in [7, 11) is -6.34. The van der Waals surface area contributed by atoms with Gasteiger partial charge in [-0.2, -0.15) is 16.8 Å². The molecule has 20 heteroatoms. The lowest BCUT2D eigenvalue weighted by atomic mass is 9.83. The Morgan fingerprint density at radius 1 is 0.525 bits per heavy atom. The van der Waals surface area contributed by atoms with Gasteiger partial charge >= 0.3 is 23.9 Å². The number of hydrogen-bond donors (Lipinski definition) is 4. The number of unbranched alkanes of at least 4 members (excludes halogenated alkanes) is 4. The average Bonchev–Trinajstić information content (AvgIpc) is 3.12. The van der Waals surface area contributed by atoms with Crippen molar-refractivity contribution in [2.45, 2.75) is 150 Å². The van der Waals surface area contributed by atoms with Gasteiger partial charge in [-0.3, -0.25) is 37.9 Å². The molecule has 0 aromatic rings. The minimum atomic E-state index is -4.40. The summed E-state index contributed by atoms with van der Waals surface area (Å²) in [4.78, 5) is 78.9. The first kappa shape index (κ1) is 57.6. The summed E-state index contributed by atoms with van der Waals surface area (Å²) >= 11 is 0. The molecule has 18 nitrogen and oxygen atoms in total. The van der Waals surface area contributed by atoms with Gasteiger partial charge in [-0.25, -0.2) is 0 Å². The van der Waals surface area contributed by atoms with Crippen LogP contribution in [0.15, 0.2) is 0 Å². The SMILES string of the molecule is CCCCOC(=O)C(CC(C)C(=O)NC(C)(C)CS(=O)(=O)O)CC(CCCCCC(CC(CC(C)C(=O)NC(C)(C)CS(=O)(=O)O)C(=O)OCCCC)C(=O)OC)C(=O)OC. The number of carbonyl (C=O) groups excluding carboxylic acids is 6. The van der Waals surface area contributed by atoms with Gasteiger partial charge in [0.1, 0.15) is 0 Å². The van der Waals surface area contributed by atoms with Crippen molar-refractivity contribution in [2.75, 3.05) is 38.9 Å². The first-order chi connectivity index (χ1) is 28.1. The maximum absolute atomic E-state index is 13.3. The third-order valence-electron chi connectivity index (χ3n) is 10.1. The van der Waals surface area contributed by atoms with E-state index in [0.717, 1.165) is 12.8 Å². The van der Waals surface area contributed by atoms with Gasteiger partial charge < -0.3 is 29.6 Å². The molecule has 0 radical (unpaired) electrons. The fourth-order valence-electron chi connectivity index (χ4n) is 7.05. The van der Waals surface area contributed by atoms with Crippen LogP contribution in [0.25, 0.3) is 0 Å². The third kappa shape index (κ3) is 26.0. The zero-order valence-corrected chi connectivity index (χ0v) is 39.5. The van der Waals surface area contributed by atoms with Gasteiger partial charge in [0.05, 0.1) is 73.7 Å². The third-order valence-corrected chi connectivity index (χ3v) is 12.3. The molecule has 0 bridgehead atoms. The predicted molar refractivity (Wildman–Crippen MR) is 227 cm³/mol. The van der Waals surface area contributed by atoms with Crippen molar-refractivity contribution in [2.24, 2.45) is 35.5 Å². The van der Waals surface area contributed by atoms with Crippen LogP contribution >= 0.6 is 0 Å². The molecule has 0 aromatic heterocycles. The molecule has 0 saturated heterocycles. The van der Waals surface area contributed by atoms with E-state index in [0.29, 0.717) is 44.9 Å². The summed E-state index contributed by atoms with van der Waals surface area (Å²) in [5.74, 6) is -9.74. The highest BCUT2D eigenvalue weighted by atomic mass is 32.2. The smallest absolute Gasteiger partial charge is 0.308 e. The minimum absolute atomic E-state index is 0.00896. The first-order valence-electron chi connectivity index (χ1n) is 21.1. The zero-order valence-electron chi connectivity index (χ0n) is 37.9. The number of esters is 4. The highest BCUT2D eigenvalue weighted by Gasteiger charge is 2.36. The van der Waals surface area contributed by atoms with E-state index >= 15 is 0 Å². The molecular formula is C41H74N2O16S2. The second kappa shape index (κ2) is 27.6. The molecule has 0 rings (SSSR count). The van der Waals surface area contributed by atoms with Crippen molar-refractivity contribution >= 4 is 55.9 Å². The predicted octanol–water partition coefficient (Wildman–Crippen LogP) is 4.83. The Bertz CT molecular complexity index is 1510. The van der Waals surface area contributed by atoms with Gasteiger partial charge in [-0.1, -0.05) is 59.8 Å². The molecule has 2 amide bonds. The summed E-state index contributed by atoms with van der Waals surface area (Å²) in [5, 5.41) is 5.20. The summed E-state index contributed by atoms with van der Waals surface area (Å²) in [6.07, 6.45) is 4.81. The fraction of sp³-hybridized carbons (Fsp3) is 0.854. The second-order valence-electron chi connectivity index (χ2n) is 17.5. The van der Waals surface area contributed by atoms with Crippen LogP contribution in [0, 0.1) is 35.5 Å². The minimum Gasteiger partial charge on any atom is -0.469 e. The van der Waals surface area contributed by atoms with E-state index in [2.05, 4.69) is 10.6 Å². The van der Waals surface area contributed by atoms with E-state index in [9.17, 15) is 54.7 Å². The van der Waals surface area contributed by atoms with Gasteiger partial charge in [0.25, 0.3) is 20.2 Å². The maximum atomic E-state index is 13.3. The first-order valence-corrected chi connectivity index (χ1v) is 24.4. The van der Waals surface area contributed by atoms with E-state index in [1.54, 1.807) is 13.8 Å². The molecule has 0 spiro atoms. The van der Waals surface area contributed by atoms with Crippen LogP contribution in [0.5, 0.6) is 0 Å². The summed E-state index contributed by atoms with van der Waals surface area (Å²) in [6.45, 7) is 13.0. The number of carbonyl (C=O) groups is 6. The quantitative estimate of drug-likeness (QED) is 0.0304. The van der Waals surface area contributed by atoms with Gasteiger partial charge in [-0.15, -0.1) is 0 Å². The molecule has 0 aliphatic rings. The Morgan fingerprint density at radius 3 is 1.13 bits per heavy atom. The molecule has 61 heavy (non-hydrogen) atoms. The lowest BCUT2D eigenvalue weighted by molar-refractivity contribution is -0.154. The van der Waals surface area contributed by atoms with Crippen LogP contribution in [0.3, 0.4) is 0 Å². The molecule has 0 saturated carbocycles. The van der Waals surface area contributed by atoms with Gasteiger partial charge in [0.2, 0.25) is 11.8 Å². The van der Waals surface area contributed by atoms with Crippen LogP contribution in [0.1, 0.15) is 139 Å². The van der Waals surface area contributed by atoms with Crippen LogP contribution in [-0.2, 0) is 68.0 Å². The molecule has 6 unspecified atom stereocenters. The van der Waals surface area contributed by atoms with Crippen molar-refractivity contribution < 1.29 is 73.7 Å². The Hall–Kier alpha value is -3.36. The van der Waals surface area contributed by atoms with Crippen molar-refractivity contribution in [3.05, 3.63) is 0 Å². The molecule has 4 N–H and O–H groups in total. The Kier molecular flexibility index (Phi) is 26.1. The summed E-state index contributed by atoms with van der Waals surface area (Å²) in [6, 6.07) is 0. The standard InChI is InChI=1S/C41H74N2O16S2/c1-11-13-20-58-38(48)32(22-28(3)34(44)42-40(5,6)26-60(50,51)52)24-30(36(46)56-9)18-16-15-17-19-31(37(47)57-10)25-33(39(49)59-21-14-12-2)23-29(4)35(45)43-41(7,8)27-61(53,54)55/h28-33H,11-27H2,1-10H3,(H,42,44)(H,43,45)(H,50,51,52)(H,53,54,55). The van der Waals surface area contributed by atoms with Crippen molar-refractivity contribution in [3.8, 4) is 0 Å². The van der Waals surface area contributed by atoms with E-state index in [1.807, 2.05) is 13.8 Å². The van der Waals surface area contributed by atoms with Crippen molar-refractivity contribution in [1.82, 2.24) is 10.6 Å². The monoisotopic (exact) mass is 914 g/mol. The number of nitrogens with one attached hydrogen (secondary N) is 2. The number of ether oxygens (including phenoxy) is 4. The normalized spacial score (nSPS) is 15.3. The number of hydrogen-bond acceptors (Lipinski definition) is 14. The molecule has 0 aliphatic heterocycles. The highest BCUT2D eigenvalue weighted by Crippen LogP contribution is 2.30. The average molecular weight is 915 g/mol. The molecular weight excluding hydrogens is 841 g/mol. The Morgan fingerprint density at radius 2 is 0.852 bits per heavy atom. The second-order valence-corrected chi connectivity index (χ2v) is 20.4. The molecule has 0 heterocycles. The van der Waals surface area contributed by atoms with Crippen LogP contribution < -0.4 is 10.6 Å². The van der Waals surface area contributed by atoms with E-state index in [4.69, 9.17) is 18.9 Å². The molecule has 356 valence electrons. The lowest BCUT2D eigenvalue weighted by Gasteiger charge is -2.28. The summed E-state index contributed by atoms with van der Waals surface area (Å²) in [5.41, 5.74) is -2.61. The summed E-state index contributed by atoms with van der Waals surface area (Å²) < 4.78 is 85.6. The van der Waals surface area contributed by atoms with Gasteiger partial charge in [0, 0.05) is 11.8 Å². The van der Waals surface area contributed by atoms with Gasteiger partial charge in [-0.05, 0) is 79.1 Å². The topological polar surface area (TPSA) is 272 Å². The van der Waals surface area contributed by atoms with E-state index < -0.39 is 114 Å². The van der Waals surface area contributed by atoms with E-state index in [1.165, 1.54) is 41.9 Å².